The number of benzene rings is 2. The molecule has 0 saturated heterocycles. The first kappa shape index (κ1) is 17.2. The van der Waals surface area contributed by atoms with Gasteiger partial charge in [-0.1, -0.05) is 42.5 Å². The summed E-state index contributed by atoms with van der Waals surface area (Å²) in [6.07, 6.45) is 0. The summed E-state index contributed by atoms with van der Waals surface area (Å²) >= 11 is 2.65. The number of carbonyl (C=O) groups excluding carboxylic acids is 1. The maximum Gasteiger partial charge on any atom is 0.205 e. The molecule has 0 saturated carbocycles. The first-order valence-corrected chi connectivity index (χ1v) is 9.19. The number of hydrogen-bond donors (Lipinski definition) is 1. The van der Waals surface area contributed by atoms with Gasteiger partial charge in [0.1, 0.15) is 22.3 Å². The van der Waals surface area contributed by atoms with Crippen LogP contribution in [0.3, 0.4) is 0 Å². The molecule has 0 spiro atoms. The quantitative estimate of drug-likeness (QED) is 0.516. The van der Waals surface area contributed by atoms with Gasteiger partial charge in [-0.05, 0) is 17.7 Å². The van der Waals surface area contributed by atoms with Crippen molar-refractivity contribution in [1.82, 2.24) is 0 Å². The van der Waals surface area contributed by atoms with Gasteiger partial charge in [-0.2, -0.15) is 5.26 Å². The van der Waals surface area contributed by atoms with Crippen LogP contribution in [-0.2, 0) is 5.75 Å². The van der Waals surface area contributed by atoms with Crippen LogP contribution in [-0.4, -0.2) is 5.78 Å². The van der Waals surface area contributed by atoms with Crippen molar-refractivity contribution in [3.8, 4) is 6.07 Å². The zero-order valence-electron chi connectivity index (χ0n) is 13.0. The van der Waals surface area contributed by atoms with Crippen LogP contribution in [0.1, 0.15) is 26.4 Å². The Morgan fingerprint density at radius 1 is 1.16 bits per heavy atom. The molecule has 124 valence electrons. The van der Waals surface area contributed by atoms with Crippen LogP contribution in [0.2, 0.25) is 0 Å². The molecule has 3 aromatic rings. The zero-order chi connectivity index (χ0) is 17.8. The Hall–Kier alpha value is -2.62. The number of nitriles is 1. The Bertz CT molecular complexity index is 944. The van der Waals surface area contributed by atoms with Crippen molar-refractivity contribution in [2.24, 2.45) is 0 Å². The number of rotatable bonds is 5. The van der Waals surface area contributed by atoms with Crippen LogP contribution in [0.25, 0.3) is 0 Å². The van der Waals surface area contributed by atoms with Crippen LogP contribution < -0.4 is 5.73 Å². The number of halogens is 1. The molecular weight excluding hydrogens is 355 g/mol. The SMILES string of the molecule is N#Cc1c(SCc2ccc(F)cc2)sc(C(=O)c2ccccc2)c1N. The monoisotopic (exact) mass is 368 g/mol. The molecule has 1 aromatic heterocycles. The topological polar surface area (TPSA) is 66.9 Å². The molecule has 0 aliphatic heterocycles. The molecule has 0 bridgehead atoms. The second-order valence-corrected chi connectivity index (χ2v) is 7.49. The van der Waals surface area contributed by atoms with E-state index in [1.807, 2.05) is 6.07 Å². The molecule has 0 amide bonds. The van der Waals surface area contributed by atoms with Gasteiger partial charge >= 0.3 is 0 Å². The van der Waals surface area contributed by atoms with Gasteiger partial charge in [-0.3, -0.25) is 4.79 Å². The smallest absolute Gasteiger partial charge is 0.205 e. The summed E-state index contributed by atoms with van der Waals surface area (Å²) in [5, 5.41) is 9.40. The van der Waals surface area contributed by atoms with E-state index in [4.69, 9.17) is 5.73 Å². The maximum atomic E-state index is 13.0. The first-order valence-electron chi connectivity index (χ1n) is 7.39. The van der Waals surface area contributed by atoms with E-state index in [0.29, 0.717) is 26.0 Å². The van der Waals surface area contributed by atoms with Crippen molar-refractivity contribution < 1.29 is 9.18 Å². The molecule has 0 radical (unpaired) electrons. The first-order chi connectivity index (χ1) is 12.1. The van der Waals surface area contributed by atoms with E-state index in [-0.39, 0.29) is 17.3 Å². The predicted octanol–water partition coefficient (Wildman–Crippen LogP) is 4.86. The number of hydrogen-bond acceptors (Lipinski definition) is 5. The third-order valence-electron chi connectivity index (χ3n) is 3.55. The molecule has 0 unspecified atom stereocenters. The van der Waals surface area contributed by atoms with Gasteiger partial charge < -0.3 is 5.73 Å². The Balaban J connectivity index is 1.87. The molecule has 25 heavy (non-hydrogen) atoms. The standard InChI is InChI=1S/C19H13FN2OS2/c20-14-8-6-12(7-9-14)11-24-19-15(10-21)16(22)18(25-19)17(23)13-4-2-1-3-5-13/h1-9H,11,22H2. The number of anilines is 1. The number of nitrogen functional groups attached to an aromatic ring is 1. The maximum absolute atomic E-state index is 13.0. The summed E-state index contributed by atoms with van der Waals surface area (Å²) in [4.78, 5) is 13.0. The third-order valence-corrected chi connectivity index (χ3v) is 6.10. The van der Waals surface area contributed by atoms with Gasteiger partial charge in [-0.25, -0.2) is 4.39 Å². The number of nitrogens with two attached hydrogens (primary N) is 1. The van der Waals surface area contributed by atoms with Crippen LogP contribution >= 0.6 is 23.1 Å². The molecule has 2 aromatic carbocycles. The number of ketones is 1. The van der Waals surface area contributed by atoms with Gasteiger partial charge in [-0.15, -0.1) is 23.1 Å². The lowest BCUT2D eigenvalue weighted by atomic mass is 10.1. The molecule has 2 N–H and O–H groups in total. The van der Waals surface area contributed by atoms with Crippen molar-refractivity contribution in [3.63, 3.8) is 0 Å². The molecule has 1 heterocycles. The lowest BCUT2D eigenvalue weighted by Gasteiger charge is -2.00. The van der Waals surface area contributed by atoms with Crippen molar-refractivity contribution >= 4 is 34.6 Å². The fourth-order valence-corrected chi connectivity index (χ4v) is 4.57. The van der Waals surface area contributed by atoms with E-state index in [0.717, 1.165) is 5.56 Å². The molecule has 3 rings (SSSR count). The summed E-state index contributed by atoms with van der Waals surface area (Å²) < 4.78 is 13.7. The fourth-order valence-electron chi connectivity index (χ4n) is 2.25. The Labute approximate surface area is 152 Å². The molecular formula is C19H13FN2OS2. The van der Waals surface area contributed by atoms with E-state index in [9.17, 15) is 14.4 Å². The average Bonchev–Trinajstić information content (AvgIpc) is 2.97. The van der Waals surface area contributed by atoms with E-state index in [1.165, 1.54) is 35.2 Å². The summed E-state index contributed by atoms with van der Waals surface area (Å²) in [6, 6.07) is 17.1. The van der Waals surface area contributed by atoms with Gasteiger partial charge in [0.05, 0.1) is 9.90 Å². The highest BCUT2D eigenvalue weighted by Crippen LogP contribution is 2.40. The summed E-state index contributed by atoms with van der Waals surface area (Å²) in [5.74, 6) is 0.0873. The zero-order valence-corrected chi connectivity index (χ0v) is 14.7. The van der Waals surface area contributed by atoms with E-state index in [1.54, 1.807) is 36.4 Å². The minimum Gasteiger partial charge on any atom is -0.396 e. The van der Waals surface area contributed by atoms with Gasteiger partial charge in [0.25, 0.3) is 0 Å². The van der Waals surface area contributed by atoms with Crippen LogP contribution in [0.5, 0.6) is 0 Å². The molecule has 0 aliphatic rings. The minimum atomic E-state index is -0.289. The summed E-state index contributed by atoms with van der Waals surface area (Å²) in [5.41, 5.74) is 8.07. The van der Waals surface area contributed by atoms with Gasteiger partial charge in [0.15, 0.2) is 0 Å². The van der Waals surface area contributed by atoms with Crippen LogP contribution in [0, 0.1) is 17.1 Å². The van der Waals surface area contributed by atoms with Gasteiger partial charge in [0.2, 0.25) is 5.78 Å². The number of nitrogens with zero attached hydrogens (tertiary/aromatic N) is 1. The normalized spacial score (nSPS) is 10.4. The molecule has 6 heteroatoms. The van der Waals surface area contributed by atoms with Crippen LogP contribution in [0.4, 0.5) is 10.1 Å². The average molecular weight is 368 g/mol. The number of thioether (sulfide) groups is 1. The summed E-state index contributed by atoms with van der Waals surface area (Å²) in [7, 11) is 0. The summed E-state index contributed by atoms with van der Waals surface area (Å²) in [6.45, 7) is 0. The second kappa shape index (κ2) is 7.51. The molecule has 0 aliphatic carbocycles. The second-order valence-electron chi connectivity index (χ2n) is 5.23. The van der Waals surface area contributed by atoms with E-state index >= 15 is 0 Å². The minimum absolute atomic E-state index is 0.187. The molecule has 0 atom stereocenters. The lowest BCUT2D eigenvalue weighted by molar-refractivity contribution is 0.104. The Kier molecular flexibility index (Phi) is 5.17. The molecule has 0 fully saturated rings. The highest BCUT2D eigenvalue weighted by molar-refractivity contribution is 8.00. The number of carbonyl (C=O) groups is 1. The Morgan fingerprint density at radius 2 is 1.84 bits per heavy atom. The fraction of sp³-hybridized carbons (Fsp3) is 0.0526. The van der Waals surface area contributed by atoms with Crippen LogP contribution in [0.15, 0.2) is 58.8 Å². The largest absolute Gasteiger partial charge is 0.396 e. The highest BCUT2D eigenvalue weighted by atomic mass is 32.2. The lowest BCUT2D eigenvalue weighted by Crippen LogP contribution is -2.02. The van der Waals surface area contributed by atoms with Crippen molar-refractivity contribution in [3.05, 3.63) is 82.0 Å². The van der Waals surface area contributed by atoms with E-state index < -0.39 is 0 Å². The Morgan fingerprint density at radius 3 is 2.48 bits per heavy atom. The highest BCUT2D eigenvalue weighted by Gasteiger charge is 2.22. The predicted molar refractivity (Wildman–Crippen MR) is 99.3 cm³/mol. The van der Waals surface area contributed by atoms with Gasteiger partial charge in [0, 0.05) is 11.3 Å². The molecule has 3 nitrogen and oxygen atoms in total. The van der Waals surface area contributed by atoms with Crippen molar-refractivity contribution in [2.75, 3.05) is 5.73 Å². The third kappa shape index (κ3) is 3.73. The number of thiophene rings is 1. The van der Waals surface area contributed by atoms with E-state index in [2.05, 4.69) is 6.07 Å². The van der Waals surface area contributed by atoms with Crippen molar-refractivity contribution in [2.45, 2.75) is 9.96 Å². The van der Waals surface area contributed by atoms with Crippen molar-refractivity contribution in [1.29, 1.82) is 5.26 Å².